The van der Waals surface area contributed by atoms with Gasteiger partial charge in [-0.05, 0) is 66.9 Å². The van der Waals surface area contributed by atoms with Gasteiger partial charge in [0.2, 0.25) is 0 Å². The van der Waals surface area contributed by atoms with E-state index in [-0.39, 0.29) is 29.5 Å². The average molecular weight is 639 g/mol. The van der Waals surface area contributed by atoms with Gasteiger partial charge >= 0.3 is 5.97 Å². The number of aliphatic hydroxyl groups excluding tert-OH is 5. The van der Waals surface area contributed by atoms with Crippen LogP contribution in [0.25, 0.3) is 17.1 Å². The molecule has 11 atom stereocenters. The Balaban J connectivity index is 1.12. The predicted molar refractivity (Wildman–Crippen MR) is 163 cm³/mol. The molecule has 1 aromatic heterocycles. The number of hydrogen-bond donors (Lipinski definition) is 5. The zero-order valence-corrected chi connectivity index (χ0v) is 26.2. The second-order valence-electron chi connectivity index (χ2n) is 14.1. The summed E-state index contributed by atoms with van der Waals surface area (Å²) in [4.78, 5) is 17.3. The fourth-order valence-corrected chi connectivity index (χ4v) is 8.65. The van der Waals surface area contributed by atoms with Gasteiger partial charge in [0.15, 0.2) is 12.6 Å². The van der Waals surface area contributed by atoms with Gasteiger partial charge in [-0.2, -0.15) is 0 Å². The van der Waals surface area contributed by atoms with Crippen LogP contribution in [0.15, 0.2) is 54.1 Å². The quantitative estimate of drug-likeness (QED) is 0.177. The molecule has 2 aliphatic carbocycles. The van der Waals surface area contributed by atoms with Crippen molar-refractivity contribution in [1.29, 1.82) is 0 Å². The molecular formula is C34H42N2O10. The first-order chi connectivity index (χ1) is 21.9. The van der Waals surface area contributed by atoms with E-state index in [1.807, 2.05) is 48.9 Å². The molecule has 0 bridgehead atoms. The number of hydrogen-bond acceptors (Lipinski definition) is 11. The minimum Gasteiger partial charge on any atom is -0.423 e. The van der Waals surface area contributed by atoms with Crippen LogP contribution in [0.1, 0.15) is 45.1 Å². The number of esters is 1. The van der Waals surface area contributed by atoms with E-state index in [1.54, 1.807) is 12.4 Å². The maximum absolute atomic E-state index is 12.9. The minimum atomic E-state index is -1.72. The van der Waals surface area contributed by atoms with Gasteiger partial charge in [-0.25, -0.2) is 9.78 Å². The molecule has 46 heavy (non-hydrogen) atoms. The highest BCUT2D eigenvalue weighted by molar-refractivity contribution is 5.96. The third kappa shape index (κ3) is 5.06. The lowest BCUT2D eigenvalue weighted by atomic mass is 9.45. The third-order valence-electron chi connectivity index (χ3n) is 11.4. The Hall–Kier alpha value is -2.94. The number of imidazole rings is 1. The number of rotatable bonds is 6. The number of fused-ring (bicyclic) bond motifs is 2. The smallest absolute Gasteiger partial charge is 0.343 e. The molecule has 1 spiro atoms. The van der Waals surface area contributed by atoms with Gasteiger partial charge in [0.05, 0.1) is 47.9 Å². The minimum absolute atomic E-state index is 0.0316. The van der Waals surface area contributed by atoms with Crippen molar-refractivity contribution in [2.75, 3.05) is 13.2 Å². The summed E-state index contributed by atoms with van der Waals surface area (Å²) < 4.78 is 25.1. The number of aromatic nitrogens is 2. The molecule has 4 fully saturated rings. The molecule has 2 saturated heterocycles. The Kier molecular flexibility index (Phi) is 7.81. The van der Waals surface area contributed by atoms with Crippen LogP contribution in [0, 0.1) is 22.7 Å². The molecule has 1 aromatic carbocycles. The lowest BCUT2D eigenvalue weighted by Crippen LogP contribution is -2.63. The van der Waals surface area contributed by atoms with Gasteiger partial charge < -0.3 is 49.0 Å². The molecule has 12 nitrogen and oxygen atoms in total. The standard InChI is InChI=1S/C34H42N2O10/c1-32-10-9-25(45-31-28(40)26(38)27(39)30(42)46-31)33(2,15-37)23(32)8-11-34(16-43-34)24(32)7-5-19-14-20(44-29(19)41)12-18-4-6-22-21(13-18)35-17-36(22)3/h4-7,12-14,17,23-28,30-31,37-40,42H,8-11,15-16H2,1-3H3/t23?,24?,25-,26?,27?,28?,30?,31?,32+,33+,34?/m1/s1. The number of allylic oxidation sites excluding steroid dienone is 1. The maximum Gasteiger partial charge on any atom is 0.343 e. The molecule has 0 amide bonds. The van der Waals surface area contributed by atoms with Crippen LogP contribution in [0.5, 0.6) is 0 Å². The van der Waals surface area contributed by atoms with E-state index in [9.17, 15) is 30.3 Å². The van der Waals surface area contributed by atoms with Crippen molar-refractivity contribution < 1.29 is 49.3 Å². The van der Waals surface area contributed by atoms with Gasteiger partial charge in [0.1, 0.15) is 24.1 Å². The maximum atomic E-state index is 12.9. The van der Waals surface area contributed by atoms with Crippen LogP contribution in [-0.4, -0.2) is 96.9 Å². The lowest BCUT2D eigenvalue weighted by Gasteiger charge is -2.61. The van der Waals surface area contributed by atoms with Crippen molar-refractivity contribution in [1.82, 2.24) is 9.55 Å². The topological polar surface area (TPSA) is 176 Å². The summed E-state index contributed by atoms with van der Waals surface area (Å²) >= 11 is 0. The number of nitrogens with zero attached hydrogens (tertiary/aromatic N) is 2. The van der Waals surface area contributed by atoms with Crippen LogP contribution in [0.4, 0.5) is 0 Å². The van der Waals surface area contributed by atoms with Crippen LogP contribution < -0.4 is 0 Å². The summed E-state index contributed by atoms with van der Waals surface area (Å²) in [6.07, 6.45) is 3.40. The molecule has 0 radical (unpaired) electrons. The van der Waals surface area contributed by atoms with Gasteiger partial charge in [0, 0.05) is 18.4 Å². The number of ether oxygens (including phenoxy) is 4. The van der Waals surface area contributed by atoms with Crippen molar-refractivity contribution >= 4 is 23.1 Å². The number of aliphatic hydroxyl groups is 5. The number of epoxide rings is 1. The summed E-state index contributed by atoms with van der Waals surface area (Å²) in [5.74, 6) is -0.0713. The van der Waals surface area contributed by atoms with Gasteiger partial charge in [-0.1, -0.05) is 32.1 Å². The van der Waals surface area contributed by atoms with E-state index >= 15 is 0 Å². The molecule has 12 heteroatoms. The number of carbonyl (C=O) groups is 1. The summed E-state index contributed by atoms with van der Waals surface area (Å²) in [7, 11) is 1.94. The van der Waals surface area contributed by atoms with E-state index in [1.165, 1.54) is 0 Å². The monoisotopic (exact) mass is 638 g/mol. The van der Waals surface area contributed by atoms with Crippen molar-refractivity contribution in [3.8, 4) is 0 Å². The van der Waals surface area contributed by atoms with Crippen molar-refractivity contribution in [3.05, 3.63) is 59.7 Å². The molecule has 7 rings (SSSR count). The van der Waals surface area contributed by atoms with Crippen molar-refractivity contribution in [2.24, 2.45) is 29.7 Å². The molecule has 3 aliphatic heterocycles. The van der Waals surface area contributed by atoms with Gasteiger partial charge in [-0.3, -0.25) is 0 Å². The Labute approximate surface area is 266 Å². The van der Waals surface area contributed by atoms with E-state index in [0.29, 0.717) is 30.8 Å². The molecule has 5 N–H and O–H groups in total. The Morgan fingerprint density at radius 1 is 1.11 bits per heavy atom. The first-order valence-corrected chi connectivity index (χ1v) is 15.9. The average Bonchev–Trinajstić information content (AvgIpc) is 3.58. The van der Waals surface area contributed by atoms with Gasteiger partial charge in [-0.15, -0.1) is 0 Å². The van der Waals surface area contributed by atoms with Crippen LogP contribution >= 0.6 is 0 Å². The highest BCUT2D eigenvalue weighted by Gasteiger charge is 2.67. The zero-order chi connectivity index (χ0) is 32.6. The molecule has 2 aromatic rings. The summed E-state index contributed by atoms with van der Waals surface area (Å²) in [5, 5.41) is 51.5. The van der Waals surface area contributed by atoms with Crippen LogP contribution in [0.3, 0.4) is 0 Å². The van der Waals surface area contributed by atoms with E-state index in [0.717, 1.165) is 29.4 Å². The Morgan fingerprint density at radius 3 is 2.63 bits per heavy atom. The Morgan fingerprint density at radius 2 is 1.89 bits per heavy atom. The molecule has 248 valence electrons. The van der Waals surface area contributed by atoms with Crippen LogP contribution in [-0.2, 0) is 30.8 Å². The molecule has 8 unspecified atom stereocenters. The summed E-state index contributed by atoms with van der Waals surface area (Å²) in [5.41, 5.74) is 1.74. The first-order valence-electron chi connectivity index (χ1n) is 15.9. The largest absolute Gasteiger partial charge is 0.423 e. The Bertz CT molecular complexity index is 1610. The molecular weight excluding hydrogens is 596 g/mol. The number of carbonyl (C=O) groups excluding carboxylic acids is 1. The second kappa shape index (κ2) is 11.3. The molecule has 5 aliphatic rings. The molecule has 2 saturated carbocycles. The lowest BCUT2D eigenvalue weighted by molar-refractivity contribution is -0.361. The SMILES string of the molecule is Cn1cnc2cc(C=C3C=C(C=CC4C5(CCC6[C@]4(C)CC[C@@H](OC4OC(O)C(O)C(O)C4O)[C@@]6(C)CO)CO5)C(=O)O3)ccc21. The molecule has 4 heterocycles. The number of aryl methyl sites for hydroxylation is 1. The highest BCUT2D eigenvalue weighted by atomic mass is 16.7. The first kappa shape index (κ1) is 31.6. The van der Waals surface area contributed by atoms with Crippen molar-refractivity contribution in [3.63, 3.8) is 0 Å². The van der Waals surface area contributed by atoms with Crippen molar-refractivity contribution in [2.45, 2.75) is 82.1 Å². The fourth-order valence-electron chi connectivity index (χ4n) is 8.65. The number of cyclic esters (lactones) is 1. The normalized spacial score (nSPS) is 43.3. The third-order valence-corrected chi connectivity index (χ3v) is 11.4. The van der Waals surface area contributed by atoms with E-state index in [2.05, 4.69) is 18.0 Å². The van der Waals surface area contributed by atoms with Crippen LogP contribution in [0.2, 0.25) is 0 Å². The zero-order valence-electron chi connectivity index (χ0n) is 26.2. The van der Waals surface area contributed by atoms with E-state index in [4.69, 9.17) is 18.9 Å². The summed E-state index contributed by atoms with van der Waals surface area (Å²) in [6, 6.07) is 5.88. The predicted octanol–water partition coefficient (Wildman–Crippen LogP) is 1.69. The summed E-state index contributed by atoms with van der Waals surface area (Å²) in [6.45, 7) is 4.58. The highest BCUT2D eigenvalue weighted by Crippen LogP contribution is 2.66. The fraction of sp³-hybridized carbons (Fsp3) is 0.588. The van der Waals surface area contributed by atoms with Gasteiger partial charge in [0.25, 0.3) is 0 Å². The number of benzene rings is 1. The second-order valence-corrected chi connectivity index (χ2v) is 14.1. The van der Waals surface area contributed by atoms with E-state index < -0.39 is 48.4 Å².